The molecule has 11 aromatic carbocycles. The van der Waals surface area contributed by atoms with Crippen LogP contribution >= 0.6 is 0 Å². The van der Waals surface area contributed by atoms with Gasteiger partial charge in [-0.05, 0) is 204 Å². The van der Waals surface area contributed by atoms with Crippen LogP contribution in [0.2, 0.25) is 0 Å². The van der Waals surface area contributed by atoms with Gasteiger partial charge in [0.05, 0.1) is 5.69 Å². The predicted octanol–water partition coefficient (Wildman–Crippen LogP) is 21.4. The van der Waals surface area contributed by atoms with Crippen LogP contribution in [-0.2, 0) is 21.7 Å². The van der Waals surface area contributed by atoms with E-state index in [1.807, 2.05) is 24.3 Å². The highest BCUT2D eigenvalue weighted by atomic mass is 16.3. The molecule has 0 amide bonds. The van der Waals surface area contributed by atoms with Gasteiger partial charge in [0.1, 0.15) is 22.7 Å². The quantitative estimate of drug-likeness (QED) is 0.149. The van der Waals surface area contributed by atoms with Gasteiger partial charge in [0.2, 0.25) is 0 Å². The van der Waals surface area contributed by atoms with Crippen molar-refractivity contribution in [1.82, 2.24) is 0 Å². The smallest absolute Gasteiger partial charge is 0.252 e. The highest BCUT2D eigenvalue weighted by molar-refractivity contribution is 7.00. The average molecular weight is 1150 g/mol. The van der Waals surface area contributed by atoms with Crippen molar-refractivity contribution in [2.45, 2.75) is 97.8 Å². The third kappa shape index (κ3) is 8.80. The molecule has 434 valence electrons. The average Bonchev–Trinajstić information content (AvgIpc) is 1.21. The molecule has 2 aromatic heterocycles. The highest BCUT2D eigenvalue weighted by Crippen LogP contribution is 2.55. The number of benzene rings is 11. The molecule has 3 aliphatic rings. The zero-order chi connectivity index (χ0) is 61.0. The van der Waals surface area contributed by atoms with Crippen molar-refractivity contribution < 1.29 is 8.83 Å². The Bertz CT molecular complexity index is 4940. The molecule has 1 aliphatic carbocycles. The molecule has 0 fully saturated rings. The lowest BCUT2D eigenvalue weighted by Crippen LogP contribution is -2.61. The summed E-state index contributed by atoms with van der Waals surface area (Å²) in [5, 5.41) is 4.72. The maximum atomic E-state index is 6.53. The van der Waals surface area contributed by atoms with E-state index in [0.29, 0.717) is 0 Å². The second-order valence-electron chi connectivity index (χ2n) is 28.6. The van der Waals surface area contributed by atoms with Gasteiger partial charge >= 0.3 is 0 Å². The Hall–Kier alpha value is -9.78. The fourth-order valence-corrected chi connectivity index (χ4v) is 14.6. The molecule has 89 heavy (non-hydrogen) atoms. The molecule has 0 N–H and O–H groups in total. The fraction of sp³-hybridized carbons (Fsp3) is 0.181. The van der Waals surface area contributed by atoms with E-state index in [1.54, 1.807) is 0 Å². The number of hydrogen-bond donors (Lipinski definition) is 0. The lowest BCUT2D eigenvalue weighted by molar-refractivity contribution is 0.590. The number of rotatable bonds is 7. The first-order valence-electron chi connectivity index (χ1n) is 31.6. The third-order valence-corrected chi connectivity index (χ3v) is 19.5. The monoisotopic (exact) mass is 1150 g/mol. The van der Waals surface area contributed by atoms with Gasteiger partial charge in [-0.1, -0.05) is 191 Å². The Morgan fingerprint density at radius 2 is 0.854 bits per heavy atom. The number of nitrogens with zero attached hydrogens (tertiary/aromatic N) is 3. The lowest BCUT2D eigenvalue weighted by atomic mass is 9.33. The molecule has 0 saturated heterocycles. The topological polar surface area (TPSA) is 36.0 Å². The van der Waals surface area contributed by atoms with E-state index < -0.39 is 0 Å². The molecule has 16 rings (SSSR count). The van der Waals surface area contributed by atoms with Crippen LogP contribution in [0.1, 0.15) is 104 Å². The van der Waals surface area contributed by atoms with Crippen molar-refractivity contribution in [3.63, 3.8) is 0 Å². The lowest BCUT2D eigenvalue weighted by Gasteiger charge is -2.45. The van der Waals surface area contributed by atoms with Gasteiger partial charge < -0.3 is 23.5 Å². The Labute approximate surface area is 523 Å². The summed E-state index contributed by atoms with van der Waals surface area (Å²) < 4.78 is 13.0. The van der Waals surface area contributed by atoms with Gasteiger partial charge in [-0.2, -0.15) is 0 Å². The summed E-state index contributed by atoms with van der Waals surface area (Å²) in [6.45, 7) is 25.6. The number of fused-ring (bicyclic) bond motifs is 11. The van der Waals surface area contributed by atoms with Crippen molar-refractivity contribution in [3.8, 4) is 33.8 Å². The van der Waals surface area contributed by atoms with E-state index in [0.717, 1.165) is 90.1 Å². The van der Waals surface area contributed by atoms with Crippen LogP contribution in [0.3, 0.4) is 0 Å². The second-order valence-corrected chi connectivity index (χ2v) is 28.6. The minimum Gasteiger partial charge on any atom is -0.456 e. The Morgan fingerprint density at radius 3 is 1.38 bits per heavy atom. The molecular weight excluding hydrogens is 1080 g/mol. The zero-order valence-corrected chi connectivity index (χ0v) is 52.8. The molecular formula is C83H72BN3O2. The Balaban J connectivity index is 0.982. The van der Waals surface area contributed by atoms with E-state index in [1.165, 1.54) is 71.8 Å². The largest absolute Gasteiger partial charge is 0.456 e. The first-order chi connectivity index (χ1) is 42.7. The van der Waals surface area contributed by atoms with E-state index in [-0.39, 0.29) is 28.4 Å². The van der Waals surface area contributed by atoms with Crippen LogP contribution in [0.25, 0.3) is 66.5 Å². The van der Waals surface area contributed by atoms with Crippen LogP contribution in [0.5, 0.6) is 0 Å². The summed E-state index contributed by atoms with van der Waals surface area (Å²) in [7, 11) is 0. The maximum Gasteiger partial charge on any atom is 0.252 e. The van der Waals surface area contributed by atoms with Crippen LogP contribution in [0.15, 0.2) is 245 Å². The van der Waals surface area contributed by atoms with Gasteiger partial charge in [-0.15, -0.1) is 0 Å². The first kappa shape index (κ1) is 54.6. The van der Waals surface area contributed by atoms with E-state index in [2.05, 4.69) is 303 Å². The van der Waals surface area contributed by atoms with Crippen LogP contribution in [0.4, 0.5) is 51.2 Å². The number of furan rings is 2. The Kier molecular flexibility index (Phi) is 12.0. The number of anilines is 9. The fourth-order valence-electron chi connectivity index (χ4n) is 14.6. The van der Waals surface area contributed by atoms with Gasteiger partial charge in [0.25, 0.3) is 6.71 Å². The summed E-state index contributed by atoms with van der Waals surface area (Å²) in [6.07, 6.45) is 0. The van der Waals surface area contributed by atoms with Crippen LogP contribution < -0.4 is 31.1 Å². The van der Waals surface area contributed by atoms with Crippen molar-refractivity contribution in [3.05, 3.63) is 264 Å². The summed E-state index contributed by atoms with van der Waals surface area (Å²) in [5.41, 5.74) is 26.3. The van der Waals surface area contributed by atoms with E-state index in [4.69, 9.17) is 8.83 Å². The van der Waals surface area contributed by atoms with E-state index >= 15 is 0 Å². The Morgan fingerprint density at radius 1 is 0.382 bits per heavy atom. The second kappa shape index (κ2) is 19.6. The molecule has 0 unspecified atom stereocenters. The molecule has 4 heterocycles. The van der Waals surface area contributed by atoms with Crippen LogP contribution in [0, 0.1) is 0 Å². The van der Waals surface area contributed by atoms with Gasteiger partial charge in [-0.25, -0.2) is 0 Å². The maximum absolute atomic E-state index is 6.53. The standard InChI is InChI=1S/C83H72BN3O2/c1-80(2,3)56-29-37-61(38-30-56)87-71-43-32-58(82(7,8)9)47-69(71)84-68-46-57(81(4,5)6)31-42-70(68)86(60-35-26-53(27-36-60)77-45-55-20-14-17-23-75(55)89-77)72-49-63(50-73(87)79(72)84)85(59-33-24-52(25-34-59)76-44-54-19-13-16-22-74(54)88-76)62-39-40-65-67(48-62)83(10,11)66-41-28-51-18-12-15-21-64(51)78(65)66/h12-50H,1-11H3. The summed E-state index contributed by atoms with van der Waals surface area (Å²) in [5.74, 6) is 1.69. The predicted molar refractivity (Wildman–Crippen MR) is 377 cm³/mol. The number of para-hydroxylation sites is 2. The zero-order valence-electron chi connectivity index (χ0n) is 52.8. The molecule has 0 bridgehead atoms. The minimum absolute atomic E-state index is 0.0294. The SMILES string of the molecule is CC(C)(C)c1ccc(N2c3ccc(C(C)(C)C)cc3B3c4cc(C(C)(C)C)ccc4N(c4ccc(-c5cc6ccccc6o5)cc4)c4cc(N(c5ccc(-c6cc7ccccc7o6)cc5)c5ccc6c(c5)C(C)(C)c5ccc7ccccc7c5-6)cc2c43)cc1. The molecule has 13 aromatic rings. The van der Waals surface area contributed by atoms with Crippen molar-refractivity contribution in [1.29, 1.82) is 0 Å². The van der Waals surface area contributed by atoms with E-state index in [9.17, 15) is 0 Å². The van der Waals surface area contributed by atoms with Crippen molar-refractivity contribution in [2.75, 3.05) is 14.7 Å². The summed E-state index contributed by atoms with van der Waals surface area (Å²) in [4.78, 5) is 7.63. The van der Waals surface area contributed by atoms with Crippen LogP contribution in [-0.4, -0.2) is 6.71 Å². The minimum atomic E-state index is -0.275. The van der Waals surface area contributed by atoms with Crippen molar-refractivity contribution in [2.24, 2.45) is 0 Å². The molecule has 6 heteroatoms. The molecule has 0 atom stereocenters. The van der Waals surface area contributed by atoms with Gasteiger partial charge in [0.15, 0.2) is 0 Å². The summed E-state index contributed by atoms with van der Waals surface area (Å²) in [6, 6.07) is 88.6. The molecule has 0 saturated carbocycles. The molecule has 0 radical (unpaired) electrons. The first-order valence-corrected chi connectivity index (χ1v) is 31.6. The highest BCUT2D eigenvalue weighted by Gasteiger charge is 2.45. The normalized spacial score (nSPS) is 14.0. The number of hydrogen-bond acceptors (Lipinski definition) is 5. The van der Waals surface area contributed by atoms with Gasteiger partial charge in [0, 0.05) is 72.8 Å². The summed E-state index contributed by atoms with van der Waals surface area (Å²) >= 11 is 0. The molecule has 0 spiro atoms. The van der Waals surface area contributed by atoms with Gasteiger partial charge in [-0.3, -0.25) is 0 Å². The molecule has 2 aliphatic heterocycles. The van der Waals surface area contributed by atoms with Crippen molar-refractivity contribution >= 4 is 107 Å². The molecule has 5 nitrogen and oxygen atoms in total. The third-order valence-electron chi connectivity index (χ3n) is 19.5.